The molecule has 0 amide bonds. The third-order valence-electron chi connectivity index (χ3n) is 4.48. The molecular weight excluding hydrogens is 266 g/mol. The van der Waals surface area contributed by atoms with E-state index in [4.69, 9.17) is 4.98 Å². The van der Waals surface area contributed by atoms with Gasteiger partial charge in [-0.25, -0.2) is 0 Å². The Morgan fingerprint density at radius 3 is 1.86 bits per heavy atom. The number of benzene rings is 3. The normalized spacial score (nSPS) is 11.6. The van der Waals surface area contributed by atoms with Gasteiger partial charge in [-0.05, 0) is 33.7 Å². The molecule has 0 saturated heterocycles. The first-order valence-electron chi connectivity index (χ1n) is 7.50. The van der Waals surface area contributed by atoms with Crippen molar-refractivity contribution in [3.05, 3.63) is 79.0 Å². The van der Waals surface area contributed by atoms with Crippen LogP contribution < -0.4 is 0 Å². The number of pyridine rings is 1. The molecule has 0 unspecified atom stereocenters. The maximum absolute atomic E-state index is 4.72. The predicted molar refractivity (Wildman–Crippen MR) is 91.6 cm³/mol. The molecule has 1 nitrogen and oxygen atoms in total. The van der Waals surface area contributed by atoms with Crippen LogP contribution in [-0.4, -0.2) is 4.98 Å². The number of fused-ring (bicyclic) bond motifs is 5. The van der Waals surface area contributed by atoms with Crippen molar-refractivity contribution in [3.63, 3.8) is 0 Å². The summed E-state index contributed by atoms with van der Waals surface area (Å²) in [6.07, 6.45) is 1.91. The van der Waals surface area contributed by atoms with Crippen LogP contribution in [0.15, 0.2) is 79.0 Å². The summed E-state index contributed by atoms with van der Waals surface area (Å²) in [6.45, 7) is 0. The van der Waals surface area contributed by atoms with Crippen molar-refractivity contribution in [2.75, 3.05) is 0 Å². The van der Waals surface area contributed by atoms with E-state index >= 15 is 0 Å². The molecule has 22 heavy (non-hydrogen) atoms. The molecule has 5 rings (SSSR count). The molecule has 1 heterocycles. The van der Waals surface area contributed by atoms with Crippen LogP contribution in [0.25, 0.3) is 44.3 Å². The molecule has 0 atom stereocenters. The molecule has 1 aromatic heterocycles. The summed E-state index contributed by atoms with van der Waals surface area (Å²) < 4.78 is 0. The highest BCUT2D eigenvalue weighted by Crippen LogP contribution is 2.46. The van der Waals surface area contributed by atoms with E-state index in [1.165, 1.54) is 38.6 Å². The highest BCUT2D eigenvalue weighted by molar-refractivity contribution is 6.11. The topological polar surface area (TPSA) is 12.9 Å². The second-order valence-electron chi connectivity index (χ2n) is 5.65. The Morgan fingerprint density at radius 2 is 1.09 bits per heavy atom. The van der Waals surface area contributed by atoms with Gasteiger partial charge in [-0.3, -0.25) is 4.98 Å². The first kappa shape index (κ1) is 11.7. The second kappa shape index (κ2) is 4.28. The Hall–Kier alpha value is -2.93. The van der Waals surface area contributed by atoms with Crippen LogP contribution in [0.2, 0.25) is 0 Å². The molecule has 1 heteroatoms. The zero-order chi connectivity index (χ0) is 14.5. The standard InChI is InChI=1S/C21H13N/c1-2-8-16-15(7-1)17-9-3-4-10-19(17)21-20-14(12-13-22-21)6-5-11-18(16)20/h1-13H. The van der Waals surface area contributed by atoms with Crippen molar-refractivity contribution in [2.45, 2.75) is 0 Å². The van der Waals surface area contributed by atoms with Gasteiger partial charge < -0.3 is 0 Å². The minimum atomic E-state index is 1.08. The van der Waals surface area contributed by atoms with E-state index in [-0.39, 0.29) is 0 Å². The third kappa shape index (κ3) is 1.45. The van der Waals surface area contributed by atoms with Crippen molar-refractivity contribution in [3.8, 4) is 33.5 Å². The van der Waals surface area contributed by atoms with Gasteiger partial charge in [0.1, 0.15) is 0 Å². The fourth-order valence-electron chi connectivity index (χ4n) is 3.54. The lowest BCUT2D eigenvalue weighted by Gasteiger charge is -2.09. The van der Waals surface area contributed by atoms with Crippen LogP contribution in [0.1, 0.15) is 0 Å². The molecule has 0 bridgehead atoms. The average molecular weight is 279 g/mol. The maximum Gasteiger partial charge on any atom is 0.0792 e. The van der Waals surface area contributed by atoms with Gasteiger partial charge in [-0.1, -0.05) is 66.7 Å². The first-order chi connectivity index (χ1) is 10.9. The average Bonchev–Trinajstić information content (AvgIpc) is 2.72. The lowest BCUT2D eigenvalue weighted by Crippen LogP contribution is -1.87. The van der Waals surface area contributed by atoms with E-state index in [1.807, 2.05) is 6.20 Å². The molecule has 3 aromatic carbocycles. The fraction of sp³-hybridized carbons (Fsp3) is 0. The minimum absolute atomic E-state index is 1.08. The SMILES string of the molecule is c1ccc2c(c1)-c1ccccc1-c1nccc3cccc-2c13. The zero-order valence-electron chi connectivity index (χ0n) is 12.0. The van der Waals surface area contributed by atoms with Gasteiger partial charge in [0.05, 0.1) is 5.69 Å². The summed E-state index contributed by atoms with van der Waals surface area (Å²) in [4.78, 5) is 4.72. The number of hydrogen-bond donors (Lipinski definition) is 0. The molecule has 1 aliphatic rings. The smallest absolute Gasteiger partial charge is 0.0792 e. The van der Waals surface area contributed by atoms with Crippen molar-refractivity contribution < 1.29 is 0 Å². The Morgan fingerprint density at radius 1 is 0.500 bits per heavy atom. The Bertz CT molecular complexity index is 950. The minimum Gasteiger partial charge on any atom is -0.256 e. The molecule has 1 aliphatic carbocycles. The monoisotopic (exact) mass is 279 g/mol. The van der Waals surface area contributed by atoms with Crippen molar-refractivity contribution in [1.82, 2.24) is 4.98 Å². The van der Waals surface area contributed by atoms with Crippen molar-refractivity contribution in [2.24, 2.45) is 0 Å². The summed E-state index contributed by atoms with van der Waals surface area (Å²) in [5.41, 5.74) is 7.39. The van der Waals surface area contributed by atoms with E-state index in [1.54, 1.807) is 0 Å². The molecule has 0 radical (unpaired) electrons. The third-order valence-corrected chi connectivity index (χ3v) is 4.48. The fourth-order valence-corrected chi connectivity index (χ4v) is 3.54. The maximum atomic E-state index is 4.72. The molecule has 0 fully saturated rings. The Kier molecular flexibility index (Phi) is 2.28. The highest BCUT2D eigenvalue weighted by Gasteiger charge is 2.20. The van der Waals surface area contributed by atoms with E-state index in [9.17, 15) is 0 Å². The Balaban J connectivity index is 2.10. The molecule has 4 aromatic rings. The van der Waals surface area contributed by atoms with Gasteiger partial charge in [0, 0.05) is 17.1 Å². The van der Waals surface area contributed by atoms with Gasteiger partial charge in [-0.15, -0.1) is 0 Å². The molecule has 0 aliphatic heterocycles. The van der Waals surface area contributed by atoms with Crippen LogP contribution in [0.4, 0.5) is 0 Å². The van der Waals surface area contributed by atoms with Crippen LogP contribution in [0, 0.1) is 0 Å². The van der Waals surface area contributed by atoms with E-state index in [0.29, 0.717) is 0 Å². The summed E-state index contributed by atoms with van der Waals surface area (Å²) in [5.74, 6) is 0. The predicted octanol–water partition coefficient (Wildman–Crippen LogP) is 5.55. The van der Waals surface area contributed by atoms with Gasteiger partial charge in [0.15, 0.2) is 0 Å². The molecule has 0 spiro atoms. The lowest BCUT2D eigenvalue weighted by atomic mass is 9.94. The summed E-state index contributed by atoms with van der Waals surface area (Å²) in [7, 11) is 0. The largest absolute Gasteiger partial charge is 0.256 e. The van der Waals surface area contributed by atoms with Crippen LogP contribution in [-0.2, 0) is 0 Å². The summed E-state index contributed by atoms with van der Waals surface area (Å²) in [6, 6.07) is 25.8. The summed E-state index contributed by atoms with van der Waals surface area (Å²) in [5, 5.41) is 2.50. The zero-order valence-corrected chi connectivity index (χ0v) is 12.0. The van der Waals surface area contributed by atoms with Crippen LogP contribution in [0.5, 0.6) is 0 Å². The van der Waals surface area contributed by atoms with Crippen LogP contribution >= 0.6 is 0 Å². The van der Waals surface area contributed by atoms with Crippen LogP contribution in [0.3, 0.4) is 0 Å². The number of nitrogens with zero attached hydrogens (tertiary/aromatic N) is 1. The van der Waals surface area contributed by atoms with E-state index in [2.05, 4.69) is 72.8 Å². The quantitative estimate of drug-likeness (QED) is 0.362. The second-order valence-corrected chi connectivity index (χ2v) is 5.65. The number of aromatic nitrogens is 1. The van der Waals surface area contributed by atoms with E-state index in [0.717, 1.165) is 5.69 Å². The Labute approximate surface area is 128 Å². The van der Waals surface area contributed by atoms with Gasteiger partial charge in [-0.2, -0.15) is 0 Å². The number of hydrogen-bond acceptors (Lipinski definition) is 1. The van der Waals surface area contributed by atoms with E-state index < -0.39 is 0 Å². The highest BCUT2D eigenvalue weighted by atomic mass is 14.7. The summed E-state index contributed by atoms with van der Waals surface area (Å²) >= 11 is 0. The van der Waals surface area contributed by atoms with Gasteiger partial charge >= 0.3 is 0 Å². The van der Waals surface area contributed by atoms with Crippen molar-refractivity contribution in [1.29, 1.82) is 0 Å². The van der Waals surface area contributed by atoms with Crippen molar-refractivity contribution >= 4 is 10.8 Å². The molecular formula is C21H13N. The lowest BCUT2D eigenvalue weighted by molar-refractivity contribution is 1.36. The first-order valence-corrected chi connectivity index (χ1v) is 7.50. The molecule has 0 N–H and O–H groups in total. The molecule has 102 valence electrons. The van der Waals surface area contributed by atoms with Gasteiger partial charge in [0.2, 0.25) is 0 Å². The number of rotatable bonds is 0. The van der Waals surface area contributed by atoms with Gasteiger partial charge in [0.25, 0.3) is 0 Å². The molecule has 0 saturated carbocycles.